The molecule has 0 bridgehead atoms. The number of benzene rings is 2. The van der Waals surface area contributed by atoms with E-state index < -0.39 is 5.82 Å². The van der Waals surface area contributed by atoms with Crippen molar-refractivity contribution >= 4 is 17.9 Å². The first-order valence-corrected chi connectivity index (χ1v) is 10.2. The second-order valence-electron chi connectivity index (χ2n) is 7.53. The van der Waals surface area contributed by atoms with Gasteiger partial charge in [0.05, 0.1) is 37.0 Å². The van der Waals surface area contributed by atoms with Gasteiger partial charge in [-0.15, -0.1) is 0 Å². The molecule has 2 aromatic carbocycles. The molecule has 5 nitrogen and oxygen atoms in total. The number of hydrogen-bond acceptors (Lipinski definition) is 5. The lowest BCUT2D eigenvalue weighted by atomic mass is 9.93. The van der Waals surface area contributed by atoms with Crippen LogP contribution in [-0.4, -0.2) is 38.3 Å². The molecule has 0 aliphatic rings. The molecule has 164 valence electrons. The van der Waals surface area contributed by atoms with Crippen molar-refractivity contribution in [1.29, 1.82) is 0 Å². The van der Waals surface area contributed by atoms with E-state index >= 15 is 0 Å². The van der Waals surface area contributed by atoms with Crippen LogP contribution in [0.4, 0.5) is 4.39 Å². The fraction of sp³-hybridized carbons (Fsp3) is 0.435. The van der Waals surface area contributed by atoms with Gasteiger partial charge < -0.3 is 19.9 Å². The summed E-state index contributed by atoms with van der Waals surface area (Å²) in [5.41, 5.74) is 2.01. The Morgan fingerprint density at radius 2 is 1.83 bits per heavy atom. The first-order chi connectivity index (χ1) is 14.3. The summed E-state index contributed by atoms with van der Waals surface area (Å²) in [6.45, 7) is 5.87. The quantitative estimate of drug-likeness (QED) is 0.533. The largest absolute Gasteiger partial charge is 0.496 e. The molecule has 2 atom stereocenters. The zero-order chi connectivity index (χ0) is 22.4. The van der Waals surface area contributed by atoms with Crippen molar-refractivity contribution < 1.29 is 23.8 Å². The van der Waals surface area contributed by atoms with Gasteiger partial charge in [-0.2, -0.15) is 0 Å². The molecule has 1 unspecified atom stereocenters. The van der Waals surface area contributed by atoms with E-state index in [4.69, 9.17) is 21.1 Å². The van der Waals surface area contributed by atoms with Gasteiger partial charge in [0.25, 0.3) is 0 Å². The molecule has 0 saturated carbocycles. The van der Waals surface area contributed by atoms with E-state index in [-0.39, 0.29) is 36.1 Å². The van der Waals surface area contributed by atoms with Gasteiger partial charge in [-0.05, 0) is 36.1 Å². The van der Waals surface area contributed by atoms with Crippen molar-refractivity contribution in [2.75, 3.05) is 20.8 Å². The van der Waals surface area contributed by atoms with Crippen LogP contribution in [0.15, 0.2) is 24.3 Å². The average Bonchev–Trinajstić information content (AvgIpc) is 2.73. The monoisotopic (exact) mass is 437 g/mol. The molecule has 0 heterocycles. The van der Waals surface area contributed by atoms with Crippen LogP contribution in [0.1, 0.15) is 53.9 Å². The van der Waals surface area contributed by atoms with Crippen molar-refractivity contribution in [3.8, 4) is 11.5 Å². The third-order valence-corrected chi connectivity index (χ3v) is 5.51. The Kier molecular flexibility index (Phi) is 8.65. The van der Waals surface area contributed by atoms with Crippen LogP contribution < -0.4 is 14.8 Å². The minimum Gasteiger partial charge on any atom is -0.496 e. The summed E-state index contributed by atoms with van der Waals surface area (Å²) in [5.74, 6) is 0.566. The van der Waals surface area contributed by atoms with Gasteiger partial charge in [0.1, 0.15) is 17.3 Å². The zero-order valence-corrected chi connectivity index (χ0v) is 18.7. The van der Waals surface area contributed by atoms with Gasteiger partial charge in [-0.25, -0.2) is 4.39 Å². The maximum Gasteiger partial charge on any atom is 0.153 e. The molecule has 0 aliphatic heterocycles. The molecule has 0 fully saturated rings. The number of ether oxygens (including phenoxy) is 2. The lowest BCUT2D eigenvalue weighted by Crippen LogP contribution is -2.39. The third kappa shape index (κ3) is 5.12. The van der Waals surface area contributed by atoms with Crippen LogP contribution in [0, 0.1) is 11.7 Å². The highest BCUT2D eigenvalue weighted by Crippen LogP contribution is 2.41. The Morgan fingerprint density at radius 1 is 1.17 bits per heavy atom. The molecule has 0 spiro atoms. The van der Waals surface area contributed by atoms with E-state index in [9.17, 15) is 14.3 Å². The van der Waals surface area contributed by atoms with Crippen molar-refractivity contribution in [3.05, 3.63) is 57.4 Å². The van der Waals surface area contributed by atoms with E-state index in [1.165, 1.54) is 20.3 Å². The van der Waals surface area contributed by atoms with Gasteiger partial charge in [-0.1, -0.05) is 37.6 Å². The van der Waals surface area contributed by atoms with Crippen molar-refractivity contribution in [3.63, 3.8) is 0 Å². The maximum atomic E-state index is 14.5. The topological polar surface area (TPSA) is 67.8 Å². The number of carbonyl (C=O) groups is 1. The molecule has 0 amide bonds. The highest BCUT2D eigenvalue weighted by molar-refractivity contribution is 6.30. The Balaban J connectivity index is 2.63. The fourth-order valence-electron chi connectivity index (χ4n) is 3.58. The van der Waals surface area contributed by atoms with Crippen LogP contribution in [0.5, 0.6) is 11.5 Å². The van der Waals surface area contributed by atoms with E-state index in [0.29, 0.717) is 40.0 Å². The number of methoxy groups -OCH3 is 2. The number of aldehydes is 1. The Morgan fingerprint density at radius 3 is 2.37 bits per heavy atom. The van der Waals surface area contributed by atoms with E-state index in [2.05, 4.69) is 5.32 Å². The number of halogens is 2. The molecule has 2 N–H and O–H groups in total. The highest BCUT2D eigenvalue weighted by Gasteiger charge is 2.26. The lowest BCUT2D eigenvalue weighted by molar-refractivity contribution is 0.112. The number of carbonyl (C=O) groups excluding carboxylic acids is 1. The van der Waals surface area contributed by atoms with Gasteiger partial charge in [0.2, 0.25) is 0 Å². The Labute approximate surface area is 182 Å². The molecular formula is C23H29ClFNO4. The summed E-state index contributed by atoms with van der Waals surface area (Å²) >= 11 is 5.93. The molecule has 0 saturated heterocycles. The first-order valence-electron chi connectivity index (χ1n) is 9.81. The summed E-state index contributed by atoms with van der Waals surface area (Å²) in [7, 11) is 3.01. The van der Waals surface area contributed by atoms with Crippen LogP contribution >= 0.6 is 11.6 Å². The highest BCUT2D eigenvalue weighted by atomic mass is 35.5. The second-order valence-corrected chi connectivity index (χ2v) is 7.94. The van der Waals surface area contributed by atoms with Crippen LogP contribution in [0.3, 0.4) is 0 Å². The van der Waals surface area contributed by atoms with E-state index in [0.717, 1.165) is 0 Å². The summed E-state index contributed by atoms with van der Waals surface area (Å²) in [4.78, 5) is 11.8. The number of aliphatic hydroxyl groups is 1. The maximum absolute atomic E-state index is 14.5. The van der Waals surface area contributed by atoms with Gasteiger partial charge in [0, 0.05) is 18.5 Å². The molecular weight excluding hydrogens is 409 g/mol. The molecule has 7 heteroatoms. The molecule has 0 radical (unpaired) electrons. The normalized spacial score (nSPS) is 13.2. The van der Waals surface area contributed by atoms with E-state index in [1.54, 1.807) is 18.2 Å². The van der Waals surface area contributed by atoms with Gasteiger partial charge in [-0.3, -0.25) is 4.79 Å². The fourth-order valence-corrected chi connectivity index (χ4v) is 3.78. The number of rotatable bonds is 10. The summed E-state index contributed by atoms with van der Waals surface area (Å²) in [6, 6.07) is 5.98. The SMILES string of the molecule is COc1c(C=O)cc(Cc2cccc(Cl)c2F)c(OC)c1C(C)N[C@H](CO)C(C)C. The van der Waals surface area contributed by atoms with Crippen molar-refractivity contribution in [2.24, 2.45) is 5.92 Å². The Bertz CT molecular complexity index is 888. The zero-order valence-electron chi connectivity index (χ0n) is 18.0. The molecule has 2 rings (SSSR count). The number of aliphatic hydroxyl groups excluding tert-OH is 1. The predicted molar refractivity (Wildman–Crippen MR) is 116 cm³/mol. The van der Waals surface area contributed by atoms with Gasteiger partial charge in [0.15, 0.2) is 6.29 Å². The average molecular weight is 438 g/mol. The minimum atomic E-state index is -0.502. The summed E-state index contributed by atoms with van der Waals surface area (Å²) in [6.07, 6.45) is 0.895. The predicted octanol–water partition coefficient (Wildman–Crippen LogP) is 4.57. The molecule has 2 aromatic rings. The van der Waals surface area contributed by atoms with Gasteiger partial charge >= 0.3 is 0 Å². The minimum absolute atomic E-state index is 0.0357. The molecule has 30 heavy (non-hydrogen) atoms. The van der Waals surface area contributed by atoms with E-state index in [1.807, 2.05) is 20.8 Å². The third-order valence-electron chi connectivity index (χ3n) is 5.22. The molecule has 0 aliphatic carbocycles. The van der Waals surface area contributed by atoms with Crippen LogP contribution in [0.25, 0.3) is 0 Å². The standard InChI is InChI=1S/C23H29ClFNO4/c1-13(2)19(12-28)26-14(3)20-22(29-4)16(10-17(11-27)23(20)30-5)9-15-7-6-8-18(24)21(15)25/h6-8,10-11,13-14,19,26,28H,9,12H2,1-5H3/t14?,19-/m1/s1. The number of hydrogen-bond donors (Lipinski definition) is 2. The second kappa shape index (κ2) is 10.8. The lowest BCUT2D eigenvalue weighted by Gasteiger charge is -2.28. The summed E-state index contributed by atoms with van der Waals surface area (Å²) in [5, 5.41) is 13.1. The number of nitrogens with one attached hydrogen (secondary N) is 1. The Hall–Kier alpha value is -2.15. The summed E-state index contributed by atoms with van der Waals surface area (Å²) < 4.78 is 25.8. The van der Waals surface area contributed by atoms with Crippen molar-refractivity contribution in [1.82, 2.24) is 5.32 Å². The first kappa shape index (κ1) is 24.1. The smallest absolute Gasteiger partial charge is 0.153 e. The van der Waals surface area contributed by atoms with Crippen molar-refractivity contribution in [2.45, 2.75) is 39.3 Å². The van der Waals surface area contributed by atoms with Crippen LogP contribution in [-0.2, 0) is 6.42 Å². The van der Waals surface area contributed by atoms with Crippen LogP contribution in [0.2, 0.25) is 5.02 Å². The molecule has 0 aromatic heterocycles.